The number of methoxy groups -OCH3 is 1. The van der Waals surface area contributed by atoms with E-state index in [1.165, 1.54) is 43.5 Å². The van der Waals surface area contributed by atoms with E-state index in [1.807, 2.05) is 0 Å². The Bertz CT molecular complexity index is 1000. The predicted molar refractivity (Wildman–Crippen MR) is 118 cm³/mol. The molecular weight excluding hydrogens is 415 g/mol. The van der Waals surface area contributed by atoms with E-state index < -0.39 is 17.6 Å². The molecule has 0 radical (unpaired) electrons. The summed E-state index contributed by atoms with van der Waals surface area (Å²) in [7, 11) is 1.40. The Kier molecular flexibility index (Phi) is 7.81. The van der Waals surface area contributed by atoms with Crippen LogP contribution in [0.2, 0.25) is 0 Å². The molecule has 1 aliphatic carbocycles. The molecule has 0 atom stereocenters. The summed E-state index contributed by atoms with van der Waals surface area (Å²) in [6, 6.07) is 8.45. The van der Waals surface area contributed by atoms with Crippen molar-refractivity contribution in [2.45, 2.75) is 45.1 Å². The highest BCUT2D eigenvalue weighted by Gasteiger charge is 2.23. The topological polar surface area (TPSA) is 93.7 Å². The lowest BCUT2D eigenvalue weighted by molar-refractivity contribution is -0.118. The van der Waals surface area contributed by atoms with Gasteiger partial charge in [-0.1, -0.05) is 19.3 Å². The van der Waals surface area contributed by atoms with Crippen LogP contribution in [0.1, 0.15) is 48.0 Å². The van der Waals surface area contributed by atoms with E-state index in [-0.39, 0.29) is 35.5 Å². The van der Waals surface area contributed by atoms with Crippen LogP contribution in [0.3, 0.4) is 0 Å². The number of hydrogen-bond acceptors (Lipinski definition) is 5. The van der Waals surface area contributed by atoms with Crippen LogP contribution in [0.4, 0.5) is 10.1 Å². The summed E-state index contributed by atoms with van der Waals surface area (Å²) >= 11 is 0. The third kappa shape index (κ3) is 6.06. The van der Waals surface area contributed by atoms with Gasteiger partial charge in [-0.15, -0.1) is 0 Å². The van der Waals surface area contributed by atoms with Gasteiger partial charge in [0.15, 0.2) is 18.1 Å². The fourth-order valence-electron chi connectivity index (χ4n) is 3.65. The smallest absolute Gasteiger partial charge is 0.292 e. The first-order chi connectivity index (χ1) is 15.4. The Morgan fingerprint density at radius 1 is 1.03 bits per heavy atom. The quantitative estimate of drug-likeness (QED) is 0.479. The minimum absolute atomic E-state index is 0.0351. The molecule has 32 heavy (non-hydrogen) atoms. The van der Waals surface area contributed by atoms with E-state index in [0.717, 1.165) is 32.1 Å². The highest BCUT2D eigenvalue weighted by Crippen LogP contribution is 2.28. The average Bonchev–Trinajstić information content (AvgIpc) is 2.79. The SMILES string of the molecule is COc1cc(C(=O)C(=O)NC2CCCCC2)ccc1OCC(=O)Nc1ccc(F)cc1C. The number of hydrogen-bond donors (Lipinski definition) is 2. The number of carbonyl (C=O) groups is 3. The van der Waals surface area contributed by atoms with Gasteiger partial charge in [0.05, 0.1) is 7.11 Å². The minimum Gasteiger partial charge on any atom is -0.493 e. The first-order valence-corrected chi connectivity index (χ1v) is 10.6. The highest BCUT2D eigenvalue weighted by molar-refractivity contribution is 6.42. The third-order valence-corrected chi connectivity index (χ3v) is 5.39. The van der Waals surface area contributed by atoms with Crippen molar-refractivity contribution in [3.63, 3.8) is 0 Å². The Morgan fingerprint density at radius 3 is 2.47 bits per heavy atom. The van der Waals surface area contributed by atoms with E-state index in [9.17, 15) is 18.8 Å². The number of anilines is 1. The highest BCUT2D eigenvalue weighted by atomic mass is 19.1. The first-order valence-electron chi connectivity index (χ1n) is 10.6. The third-order valence-electron chi connectivity index (χ3n) is 5.39. The van der Waals surface area contributed by atoms with Gasteiger partial charge in [-0.2, -0.15) is 0 Å². The summed E-state index contributed by atoms with van der Waals surface area (Å²) in [6.45, 7) is 1.37. The second-order valence-corrected chi connectivity index (χ2v) is 7.80. The van der Waals surface area contributed by atoms with E-state index in [2.05, 4.69) is 10.6 Å². The van der Waals surface area contributed by atoms with Gasteiger partial charge in [-0.05, 0) is 61.7 Å². The van der Waals surface area contributed by atoms with Crippen molar-refractivity contribution in [2.75, 3.05) is 19.0 Å². The summed E-state index contributed by atoms with van der Waals surface area (Å²) in [4.78, 5) is 37.0. The first kappa shape index (κ1) is 23.2. The molecule has 2 amide bonds. The molecule has 0 spiro atoms. The molecular formula is C24H27FN2O5. The van der Waals surface area contributed by atoms with E-state index >= 15 is 0 Å². The number of carbonyl (C=O) groups excluding carboxylic acids is 3. The predicted octanol–water partition coefficient (Wildman–Crippen LogP) is 3.79. The molecule has 0 saturated heterocycles. The molecule has 2 aromatic carbocycles. The van der Waals surface area contributed by atoms with Crippen LogP contribution >= 0.6 is 0 Å². The molecule has 0 unspecified atom stereocenters. The normalized spacial score (nSPS) is 13.8. The molecule has 3 rings (SSSR count). The molecule has 1 saturated carbocycles. The maximum Gasteiger partial charge on any atom is 0.292 e. The van der Waals surface area contributed by atoms with Crippen molar-refractivity contribution < 1.29 is 28.2 Å². The van der Waals surface area contributed by atoms with Crippen LogP contribution in [0, 0.1) is 12.7 Å². The maximum atomic E-state index is 13.2. The van der Waals surface area contributed by atoms with Gasteiger partial charge in [0.25, 0.3) is 11.8 Å². The van der Waals surface area contributed by atoms with E-state index in [4.69, 9.17) is 9.47 Å². The summed E-state index contributed by atoms with van der Waals surface area (Å²) in [5.41, 5.74) is 1.25. The van der Waals surface area contributed by atoms with Crippen molar-refractivity contribution in [2.24, 2.45) is 0 Å². The van der Waals surface area contributed by atoms with Gasteiger partial charge in [-0.3, -0.25) is 14.4 Å². The molecule has 0 aromatic heterocycles. The molecule has 1 fully saturated rings. The number of ketones is 1. The Labute approximate surface area is 186 Å². The van der Waals surface area contributed by atoms with E-state index in [1.54, 1.807) is 6.92 Å². The lowest BCUT2D eigenvalue weighted by Gasteiger charge is -2.22. The van der Waals surface area contributed by atoms with Crippen LogP contribution in [0.15, 0.2) is 36.4 Å². The molecule has 0 bridgehead atoms. The Balaban J connectivity index is 1.60. The Hall–Kier alpha value is -3.42. The summed E-state index contributed by atoms with van der Waals surface area (Å²) in [6.07, 6.45) is 5.02. The van der Waals surface area contributed by atoms with Crippen LogP contribution in [0.5, 0.6) is 11.5 Å². The average molecular weight is 442 g/mol. The zero-order chi connectivity index (χ0) is 23.1. The zero-order valence-electron chi connectivity index (χ0n) is 18.2. The minimum atomic E-state index is -0.648. The molecule has 2 aromatic rings. The van der Waals surface area contributed by atoms with Crippen LogP contribution < -0.4 is 20.1 Å². The second-order valence-electron chi connectivity index (χ2n) is 7.80. The molecule has 2 N–H and O–H groups in total. The number of ether oxygens (including phenoxy) is 2. The van der Waals surface area contributed by atoms with Gasteiger partial charge >= 0.3 is 0 Å². The van der Waals surface area contributed by atoms with Crippen molar-refractivity contribution in [3.8, 4) is 11.5 Å². The van der Waals surface area contributed by atoms with Crippen LogP contribution in [-0.2, 0) is 9.59 Å². The van der Waals surface area contributed by atoms with Crippen LogP contribution in [0.25, 0.3) is 0 Å². The monoisotopic (exact) mass is 442 g/mol. The molecule has 0 heterocycles. The fourth-order valence-corrected chi connectivity index (χ4v) is 3.65. The number of benzene rings is 2. The largest absolute Gasteiger partial charge is 0.493 e. The Morgan fingerprint density at radius 2 is 1.78 bits per heavy atom. The number of aryl methyl sites for hydroxylation is 1. The number of halogens is 1. The van der Waals surface area contributed by atoms with Crippen molar-refractivity contribution in [3.05, 3.63) is 53.3 Å². The summed E-state index contributed by atoms with van der Waals surface area (Å²) in [5.74, 6) is -1.63. The fraction of sp³-hybridized carbons (Fsp3) is 0.375. The lowest BCUT2D eigenvalue weighted by Crippen LogP contribution is -2.40. The second kappa shape index (κ2) is 10.7. The molecule has 8 heteroatoms. The number of rotatable bonds is 8. The maximum absolute atomic E-state index is 13.2. The van der Waals surface area contributed by atoms with Gasteiger partial charge in [0.1, 0.15) is 5.82 Å². The van der Waals surface area contributed by atoms with Gasteiger partial charge < -0.3 is 20.1 Å². The number of nitrogens with one attached hydrogen (secondary N) is 2. The number of amides is 2. The van der Waals surface area contributed by atoms with Crippen molar-refractivity contribution in [1.29, 1.82) is 0 Å². The lowest BCUT2D eigenvalue weighted by atomic mass is 9.95. The molecule has 0 aliphatic heterocycles. The number of Topliss-reactive ketones (excluding diaryl/α,β-unsaturated/α-hetero) is 1. The summed E-state index contributed by atoms with van der Waals surface area (Å²) in [5, 5.41) is 5.45. The molecule has 7 nitrogen and oxygen atoms in total. The van der Waals surface area contributed by atoms with Gasteiger partial charge in [0.2, 0.25) is 5.78 Å². The van der Waals surface area contributed by atoms with Crippen molar-refractivity contribution in [1.82, 2.24) is 5.32 Å². The zero-order valence-corrected chi connectivity index (χ0v) is 18.2. The summed E-state index contributed by atoms with van der Waals surface area (Å²) < 4.78 is 24.0. The van der Waals surface area contributed by atoms with Gasteiger partial charge in [0, 0.05) is 17.3 Å². The van der Waals surface area contributed by atoms with Crippen LogP contribution in [-0.4, -0.2) is 37.4 Å². The molecule has 170 valence electrons. The molecule has 1 aliphatic rings. The standard InChI is InChI=1S/C24H27FN2O5/c1-15-12-17(25)9-10-19(15)27-22(28)14-32-20-11-8-16(13-21(20)31-2)23(29)24(30)26-18-6-4-3-5-7-18/h8-13,18H,3-7,14H2,1-2H3,(H,26,30)(H,27,28). The van der Waals surface area contributed by atoms with E-state index in [0.29, 0.717) is 11.3 Å². The van der Waals surface area contributed by atoms with Crippen molar-refractivity contribution >= 4 is 23.3 Å². The van der Waals surface area contributed by atoms with Gasteiger partial charge in [-0.25, -0.2) is 4.39 Å².